The number of halogens is 1. The van der Waals surface area contributed by atoms with Crippen molar-refractivity contribution in [1.82, 2.24) is 9.55 Å². The average molecular weight is 384 g/mol. The molecule has 0 bridgehead atoms. The summed E-state index contributed by atoms with van der Waals surface area (Å²) in [6.07, 6.45) is 1.15. The number of hydrogen-bond acceptors (Lipinski definition) is 6. The second-order valence-electron chi connectivity index (χ2n) is 5.49. The topological polar surface area (TPSA) is 131 Å². The smallest absolute Gasteiger partial charge is 0.271 e. The molecule has 0 unspecified atom stereocenters. The Bertz CT molecular complexity index is 1180. The summed E-state index contributed by atoms with van der Waals surface area (Å²) in [5, 5.41) is 22.6. The predicted octanol–water partition coefficient (Wildman–Crippen LogP) is 2.47. The highest BCUT2D eigenvalue weighted by Crippen LogP contribution is 2.20. The molecule has 1 N–H and O–H groups in total. The van der Waals surface area contributed by atoms with Gasteiger partial charge in [0.15, 0.2) is 0 Å². The van der Waals surface area contributed by atoms with E-state index in [0.717, 1.165) is 10.9 Å². The third-order valence-electron chi connectivity index (χ3n) is 3.71. The van der Waals surface area contributed by atoms with Gasteiger partial charge in [-0.25, -0.2) is 4.98 Å². The fraction of sp³-hybridized carbons (Fsp3) is 0.0588. The van der Waals surface area contributed by atoms with Crippen molar-refractivity contribution in [3.63, 3.8) is 0 Å². The Kier molecular flexibility index (Phi) is 4.83. The first-order valence-electron chi connectivity index (χ1n) is 7.52. The van der Waals surface area contributed by atoms with E-state index in [-0.39, 0.29) is 33.7 Å². The van der Waals surface area contributed by atoms with Crippen LogP contribution in [0.4, 0.5) is 11.4 Å². The number of anilines is 1. The summed E-state index contributed by atoms with van der Waals surface area (Å²) in [6.45, 7) is -0.309. The highest BCUT2D eigenvalue weighted by Gasteiger charge is 2.12. The number of nitrogens with one attached hydrogen (secondary N) is 1. The van der Waals surface area contributed by atoms with Gasteiger partial charge >= 0.3 is 0 Å². The van der Waals surface area contributed by atoms with Crippen molar-refractivity contribution < 1.29 is 9.72 Å². The van der Waals surface area contributed by atoms with Crippen LogP contribution in [0.3, 0.4) is 0 Å². The molecule has 0 saturated heterocycles. The Labute approximate surface area is 156 Å². The predicted molar refractivity (Wildman–Crippen MR) is 97.5 cm³/mol. The van der Waals surface area contributed by atoms with E-state index in [1.807, 2.05) is 6.07 Å². The van der Waals surface area contributed by atoms with Gasteiger partial charge < -0.3 is 5.32 Å². The van der Waals surface area contributed by atoms with Gasteiger partial charge in [0.25, 0.3) is 11.2 Å². The quantitative estimate of drug-likeness (QED) is 0.543. The minimum atomic E-state index is -0.581. The Hall–Kier alpha value is -3.77. The maximum atomic E-state index is 12.5. The number of nitrogens with zero attached hydrogens (tertiary/aromatic N) is 4. The van der Waals surface area contributed by atoms with Gasteiger partial charge in [0, 0.05) is 17.8 Å². The zero-order valence-corrected chi connectivity index (χ0v) is 14.3. The maximum Gasteiger partial charge on any atom is 0.271 e. The zero-order valence-electron chi connectivity index (χ0n) is 13.5. The number of nitro groups is 1. The van der Waals surface area contributed by atoms with Crippen LogP contribution < -0.4 is 10.9 Å². The highest BCUT2D eigenvalue weighted by molar-refractivity contribution is 6.32. The lowest BCUT2D eigenvalue weighted by Crippen LogP contribution is -2.27. The third-order valence-corrected chi connectivity index (χ3v) is 4.02. The van der Waals surface area contributed by atoms with Crippen molar-refractivity contribution in [2.75, 3.05) is 5.32 Å². The summed E-state index contributed by atoms with van der Waals surface area (Å²) in [5.74, 6) is -0.499. The van der Waals surface area contributed by atoms with Gasteiger partial charge in [-0.3, -0.25) is 24.3 Å². The molecule has 10 heteroatoms. The average Bonchev–Trinajstić information content (AvgIpc) is 2.64. The number of aromatic nitrogens is 2. The third kappa shape index (κ3) is 3.75. The van der Waals surface area contributed by atoms with Crippen molar-refractivity contribution in [3.8, 4) is 6.07 Å². The summed E-state index contributed by atoms with van der Waals surface area (Å²) in [4.78, 5) is 38.9. The number of carbonyl (C=O) groups excluding carboxylic acids is 1. The molecular formula is C17H10ClN5O4. The minimum Gasteiger partial charge on any atom is -0.324 e. The van der Waals surface area contributed by atoms with Crippen LogP contribution in [0.1, 0.15) is 5.56 Å². The van der Waals surface area contributed by atoms with Gasteiger partial charge in [-0.05, 0) is 24.3 Å². The number of rotatable bonds is 4. The molecule has 3 rings (SSSR count). The van der Waals surface area contributed by atoms with Crippen LogP contribution >= 0.6 is 11.6 Å². The molecule has 0 aliphatic heterocycles. The molecule has 3 aromatic rings. The lowest BCUT2D eigenvalue weighted by molar-refractivity contribution is -0.384. The van der Waals surface area contributed by atoms with E-state index in [0.29, 0.717) is 5.69 Å². The summed E-state index contributed by atoms with van der Waals surface area (Å²) in [6, 6.07) is 10.0. The monoisotopic (exact) mass is 383 g/mol. The molecule has 9 nitrogen and oxygen atoms in total. The minimum absolute atomic E-state index is 0.164. The first-order valence-corrected chi connectivity index (χ1v) is 7.90. The first kappa shape index (κ1) is 18.0. The normalized spacial score (nSPS) is 10.4. The van der Waals surface area contributed by atoms with E-state index in [4.69, 9.17) is 16.9 Å². The number of carbonyl (C=O) groups is 1. The number of benzene rings is 2. The van der Waals surface area contributed by atoms with E-state index < -0.39 is 16.4 Å². The lowest BCUT2D eigenvalue weighted by atomic mass is 10.2. The second kappa shape index (κ2) is 7.23. The maximum absolute atomic E-state index is 12.5. The van der Waals surface area contributed by atoms with E-state index in [9.17, 15) is 19.7 Å². The van der Waals surface area contributed by atoms with Crippen molar-refractivity contribution in [2.45, 2.75) is 6.54 Å². The molecule has 1 amide bonds. The molecule has 1 aromatic heterocycles. The Morgan fingerprint density at radius 1 is 1.33 bits per heavy atom. The van der Waals surface area contributed by atoms with Crippen LogP contribution in [-0.4, -0.2) is 20.4 Å². The Morgan fingerprint density at radius 2 is 2.11 bits per heavy atom. The number of non-ortho nitro benzene ring substituents is 1. The molecule has 134 valence electrons. The van der Waals surface area contributed by atoms with E-state index >= 15 is 0 Å². The number of amides is 1. The largest absolute Gasteiger partial charge is 0.324 e. The fourth-order valence-corrected chi connectivity index (χ4v) is 2.63. The summed E-state index contributed by atoms with van der Waals surface area (Å²) < 4.78 is 1.09. The van der Waals surface area contributed by atoms with Crippen LogP contribution in [0.25, 0.3) is 10.9 Å². The van der Waals surface area contributed by atoms with Gasteiger partial charge in [0.05, 0.1) is 32.7 Å². The molecule has 0 aliphatic carbocycles. The lowest BCUT2D eigenvalue weighted by Gasteiger charge is -2.08. The van der Waals surface area contributed by atoms with Crippen LogP contribution in [0.15, 0.2) is 47.5 Å². The van der Waals surface area contributed by atoms with Gasteiger partial charge in [-0.2, -0.15) is 5.26 Å². The van der Waals surface area contributed by atoms with Gasteiger partial charge in [-0.1, -0.05) is 11.6 Å². The fourth-order valence-electron chi connectivity index (χ4n) is 2.41. The first-order chi connectivity index (χ1) is 12.9. The summed E-state index contributed by atoms with van der Waals surface area (Å²) in [5.41, 5.74) is 0.148. The molecule has 27 heavy (non-hydrogen) atoms. The van der Waals surface area contributed by atoms with E-state index in [1.54, 1.807) is 0 Å². The van der Waals surface area contributed by atoms with Gasteiger partial charge in [-0.15, -0.1) is 0 Å². The molecule has 1 heterocycles. The number of nitro benzene ring substituents is 1. The van der Waals surface area contributed by atoms with E-state index in [2.05, 4.69) is 10.3 Å². The molecule has 0 fully saturated rings. The van der Waals surface area contributed by atoms with Crippen molar-refractivity contribution in [2.24, 2.45) is 0 Å². The highest BCUT2D eigenvalue weighted by atomic mass is 35.5. The second-order valence-corrected chi connectivity index (χ2v) is 5.90. The van der Waals surface area contributed by atoms with Crippen LogP contribution in [0.2, 0.25) is 5.02 Å². The Morgan fingerprint density at radius 3 is 2.78 bits per heavy atom. The molecule has 0 aliphatic rings. The van der Waals surface area contributed by atoms with Gasteiger partial charge in [0.2, 0.25) is 5.91 Å². The zero-order chi connectivity index (χ0) is 19.6. The van der Waals surface area contributed by atoms with Crippen molar-refractivity contribution >= 4 is 39.8 Å². The molecule has 0 spiro atoms. The molecular weight excluding hydrogens is 374 g/mol. The number of fused-ring (bicyclic) bond motifs is 1. The Balaban J connectivity index is 1.83. The van der Waals surface area contributed by atoms with Crippen LogP contribution in [0, 0.1) is 21.4 Å². The number of hydrogen-bond donors (Lipinski definition) is 1. The summed E-state index contributed by atoms with van der Waals surface area (Å²) in [7, 11) is 0. The van der Waals surface area contributed by atoms with Crippen molar-refractivity contribution in [1.29, 1.82) is 5.26 Å². The molecule has 0 radical (unpaired) electrons. The molecule has 0 atom stereocenters. The van der Waals surface area contributed by atoms with E-state index in [1.165, 1.54) is 36.4 Å². The molecule has 0 saturated carbocycles. The summed E-state index contributed by atoms with van der Waals surface area (Å²) >= 11 is 5.91. The van der Waals surface area contributed by atoms with Crippen molar-refractivity contribution in [3.05, 3.63) is 73.8 Å². The van der Waals surface area contributed by atoms with Gasteiger partial charge in [0.1, 0.15) is 12.6 Å². The number of nitriles is 1. The van der Waals surface area contributed by atoms with Crippen LogP contribution in [0.5, 0.6) is 0 Å². The van der Waals surface area contributed by atoms with Crippen LogP contribution in [-0.2, 0) is 11.3 Å². The molecule has 2 aromatic carbocycles. The SMILES string of the molecule is N#Cc1ccc(NC(=O)Cn2cnc3cc([N+](=O)[O-])ccc3c2=O)cc1Cl. The standard InChI is InChI=1S/C17H10ClN5O4/c18-14-5-11(2-1-10(14)7-19)21-16(24)8-22-9-20-15-6-12(23(26)27)3-4-13(15)17(22)25/h1-6,9H,8H2,(H,21,24).